The Morgan fingerprint density at radius 1 is 0.970 bits per heavy atom. The Morgan fingerprint density at radius 3 is 2.36 bits per heavy atom. The number of fused-ring (bicyclic) bond motifs is 1. The van der Waals surface area contributed by atoms with E-state index in [0.717, 1.165) is 24.3 Å². The summed E-state index contributed by atoms with van der Waals surface area (Å²) in [6.07, 6.45) is -10.9. The number of phenolic OH excluding ortho intramolecular Hbond substituents is 4. The standard InChI is InChI=1S/C21H22O12/c22-6-12(27)19-16(29)17(30)21(32-19)33-20-15(28)14-11(26)4-8(23)5-13(14)31-18(20)7-1-2-9(24)10(25)3-7/h1-5,12,16-27,29-30H,6H2. The summed E-state index contributed by atoms with van der Waals surface area (Å²) < 4.78 is 16.7. The number of Topliss-reactive ketones (excluding diaryl/α,β-unsaturated/α-hetero) is 1. The molecule has 0 radical (unpaired) electrons. The predicted molar refractivity (Wildman–Crippen MR) is 106 cm³/mol. The molecular formula is C21H22O12. The Kier molecular flexibility index (Phi) is 6.05. The number of rotatable bonds is 5. The van der Waals surface area contributed by atoms with Gasteiger partial charge < -0.3 is 55.1 Å². The SMILES string of the molecule is O=C1c2c(O)cc(O)cc2OC(c2ccc(O)c(O)c2)C1OC1OC(C(O)CO)C(O)C1O. The number of aromatic hydroxyl groups is 4. The molecule has 1 saturated heterocycles. The van der Waals surface area contributed by atoms with Crippen LogP contribution in [0.15, 0.2) is 30.3 Å². The molecule has 0 bridgehead atoms. The molecule has 12 heteroatoms. The number of hydrogen-bond donors (Lipinski definition) is 8. The Balaban J connectivity index is 1.72. The number of carbonyl (C=O) groups excluding carboxylic acids is 1. The first-order valence-electron chi connectivity index (χ1n) is 9.87. The van der Waals surface area contributed by atoms with Crippen molar-refractivity contribution in [3.05, 3.63) is 41.5 Å². The van der Waals surface area contributed by atoms with Crippen LogP contribution in [0.25, 0.3) is 0 Å². The molecule has 2 aromatic carbocycles. The molecule has 2 aliphatic rings. The highest BCUT2D eigenvalue weighted by atomic mass is 16.7. The van der Waals surface area contributed by atoms with E-state index in [1.54, 1.807) is 0 Å². The summed E-state index contributed by atoms with van der Waals surface area (Å²) in [5, 5.41) is 78.8. The maximum atomic E-state index is 13.3. The number of ketones is 1. The number of hydrogen-bond acceptors (Lipinski definition) is 12. The Morgan fingerprint density at radius 2 is 1.70 bits per heavy atom. The molecule has 33 heavy (non-hydrogen) atoms. The van der Waals surface area contributed by atoms with E-state index in [1.165, 1.54) is 6.07 Å². The zero-order chi connectivity index (χ0) is 24.0. The minimum Gasteiger partial charge on any atom is -0.508 e. The van der Waals surface area contributed by atoms with E-state index in [9.17, 15) is 40.5 Å². The smallest absolute Gasteiger partial charge is 0.203 e. The van der Waals surface area contributed by atoms with Crippen molar-refractivity contribution in [3.63, 3.8) is 0 Å². The van der Waals surface area contributed by atoms with E-state index in [4.69, 9.17) is 19.3 Å². The van der Waals surface area contributed by atoms with Crippen molar-refractivity contribution in [1.82, 2.24) is 0 Å². The van der Waals surface area contributed by atoms with E-state index in [1.807, 2.05) is 0 Å². The van der Waals surface area contributed by atoms with E-state index in [2.05, 4.69) is 0 Å². The van der Waals surface area contributed by atoms with Gasteiger partial charge in [-0.05, 0) is 17.7 Å². The normalized spacial score (nSPS) is 30.0. The minimum absolute atomic E-state index is 0.150. The average molecular weight is 466 g/mol. The monoisotopic (exact) mass is 466 g/mol. The number of ether oxygens (including phenoxy) is 3. The van der Waals surface area contributed by atoms with Crippen LogP contribution < -0.4 is 4.74 Å². The topological polar surface area (TPSA) is 207 Å². The minimum atomic E-state index is -1.72. The van der Waals surface area contributed by atoms with Crippen molar-refractivity contribution < 1.29 is 59.9 Å². The van der Waals surface area contributed by atoms with E-state index in [-0.39, 0.29) is 22.6 Å². The summed E-state index contributed by atoms with van der Waals surface area (Å²) in [5.74, 6) is -2.96. The molecule has 4 rings (SSSR count). The molecule has 0 spiro atoms. The van der Waals surface area contributed by atoms with Gasteiger partial charge in [0.15, 0.2) is 30.0 Å². The number of phenols is 4. The van der Waals surface area contributed by atoms with Gasteiger partial charge in [-0.3, -0.25) is 4.79 Å². The summed E-state index contributed by atoms with van der Waals surface area (Å²) in [4.78, 5) is 13.3. The molecule has 8 N–H and O–H groups in total. The first-order valence-corrected chi connectivity index (χ1v) is 9.87. The molecule has 2 aromatic rings. The Bertz CT molecular complexity index is 1060. The molecule has 0 amide bonds. The quantitative estimate of drug-likeness (QED) is 0.250. The van der Waals surface area contributed by atoms with Crippen molar-refractivity contribution in [2.24, 2.45) is 0 Å². The van der Waals surface area contributed by atoms with E-state index < -0.39 is 72.6 Å². The maximum absolute atomic E-state index is 13.3. The summed E-state index contributed by atoms with van der Waals surface area (Å²) in [5.41, 5.74) is -0.172. The van der Waals surface area contributed by atoms with Gasteiger partial charge in [0, 0.05) is 12.1 Å². The lowest BCUT2D eigenvalue weighted by atomic mass is 9.92. The second kappa shape index (κ2) is 8.67. The summed E-state index contributed by atoms with van der Waals surface area (Å²) in [6, 6.07) is 5.59. The van der Waals surface area contributed by atoms with E-state index in [0.29, 0.717) is 0 Å². The van der Waals surface area contributed by atoms with Crippen LogP contribution in [0.5, 0.6) is 28.7 Å². The average Bonchev–Trinajstić information content (AvgIpc) is 3.04. The molecule has 0 aromatic heterocycles. The lowest BCUT2D eigenvalue weighted by Crippen LogP contribution is -2.44. The first kappa shape index (κ1) is 23.0. The van der Waals surface area contributed by atoms with Crippen LogP contribution in [0.2, 0.25) is 0 Å². The summed E-state index contributed by atoms with van der Waals surface area (Å²) in [6.45, 7) is -0.771. The van der Waals surface area contributed by atoms with Gasteiger partial charge in [-0.1, -0.05) is 6.07 Å². The number of benzene rings is 2. The van der Waals surface area contributed by atoms with Gasteiger partial charge >= 0.3 is 0 Å². The fourth-order valence-electron chi connectivity index (χ4n) is 3.85. The van der Waals surface area contributed by atoms with Crippen molar-refractivity contribution in [1.29, 1.82) is 0 Å². The van der Waals surface area contributed by atoms with Gasteiger partial charge in [-0.25, -0.2) is 0 Å². The third kappa shape index (κ3) is 4.04. The lowest BCUT2D eigenvalue weighted by molar-refractivity contribution is -0.207. The molecule has 7 unspecified atom stereocenters. The molecule has 1 fully saturated rings. The molecule has 7 atom stereocenters. The van der Waals surface area contributed by atoms with E-state index >= 15 is 0 Å². The molecule has 178 valence electrons. The van der Waals surface area contributed by atoms with Crippen molar-refractivity contribution in [2.45, 2.75) is 42.9 Å². The fourth-order valence-corrected chi connectivity index (χ4v) is 3.85. The predicted octanol–water partition coefficient (Wildman–Crippen LogP) is -0.990. The second-order valence-electron chi connectivity index (χ2n) is 7.75. The second-order valence-corrected chi connectivity index (χ2v) is 7.75. The zero-order valence-corrected chi connectivity index (χ0v) is 16.8. The molecule has 12 nitrogen and oxygen atoms in total. The highest BCUT2D eigenvalue weighted by molar-refractivity contribution is 6.05. The molecule has 0 saturated carbocycles. The van der Waals surface area contributed by atoms with Crippen molar-refractivity contribution >= 4 is 5.78 Å². The van der Waals surface area contributed by atoms with Gasteiger partial charge in [-0.2, -0.15) is 0 Å². The highest BCUT2D eigenvalue weighted by Gasteiger charge is 2.50. The maximum Gasteiger partial charge on any atom is 0.203 e. The van der Waals surface area contributed by atoms with Gasteiger partial charge in [0.25, 0.3) is 0 Å². The van der Waals surface area contributed by atoms with Crippen LogP contribution in [0.1, 0.15) is 22.0 Å². The van der Waals surface area contributed by atoms with Crippen LogP contribution in [0.3, 0.4) is 0 Å². The van der Waals surface area contributed by atoms with Crippen LogP contribution in [0.4, 0.5) is 0 Å². The van der Waals surface area contributed by atoms with Gasteiger partial charge in [0.1, 0.15) is 47.2 Å². The van der Waals surface area contributed by atoms with Crippen LogP contribution >= 0.6 is 0 Å². The lowest BCUT2D eigenvalue weighted by Gasteiger charge is -2.34. The Labute approximate surface area is 186 Å². The van der Waals surface area contributed by atoms with Gasteiger partial charge in [0.2, 0.25) is 5.78 Å². The molecule has 0 aliphatic carbocycles. The largest absolute Gasteiger partial charge is 0.508 e. The summed E-state index contributed by atoms with van der Waals surface area (Å²) >= 11 is 0. The van der Waals surface area contributed by atoms with Gasteiger partial charge in [0.05, 0.1) is 6.61 Å². The fraction of sp³-hybridized carbons (Fsp3) is 0.381. The number of aliphatic hydroxyl groups is 4. The molecule has 2 heterocycles. The van der Waals surface area contributed by atoms with Crippen molar-refractivity contribution in [2.75, 3.05) is 6.61 Å². The third-order valence-corrected chi connectivity index (χ3v) is 5.53. The first-order chi connectivity index (χ1) is 15.6. The molecule has 2 aliphatic heterocycles. The van der Waals surface area contributed by atoms with Gasteiger partial charge in [-0.15, -0.1) is 0 Å². The molecular weight excluding hydrogens is 444 g/mol. The van der Waals surface area contributed by atoms with Crippen LogP contribution in [0, 0.1) is 0 Å². The van der Waals surface area contributed by atoms with Crippen molar-refractivity contribution in [3.8, 4) is 28.7 Å². The number of aliphatic hydroxyl groups excluding tert-OH is 4. The highest BCUT2D eigenvalue weighted by Crippen LogP contribution is 2.44. The van der Waals surface area contributed by atoms with Crippen LogP contribution in [-0.4, -0.2) is 90.1 Å². The number of carbonyl (C=O) groups is 1. The summed E-state index contributed by atoms with van der Waals surface area (Å²) in [7, 11) is 0. The zero-order valence-electron chi connectivity index (χ0n) is 16.8. The van der Waals surface area contributed by atoms with Crippen LogP contribution in [-0.2, 0) is 9.47 Å². The third-order valence-electron chi connectivity index (χ3n) is 5.53. The Hall–Kier alpha value is -3.13.